The van der Waals surface area contributed by atoms with Crippen LogP contribution < -0.4 is 5.26 Å². The van der Waals surface area contributed by atoms with Gasteiger partial charge in [-0.1, -0.05) is 6.92 Å². The molecule has 0 aromatic carbocycles. The van der Waals surface area contributed by atoms with Crippen molar-refractivity contribution in [3.8, 4) is 0 Å². The van der Waals surface area contributed by atoms with Gasteiger partial charge in [-0.2, -0.15) is 0 Å². The van der Waals surface area contributed by atoms with E-state index in [4.69, 9.17) is 18.9 Å². The number of hydrogen-bond acceptors (Lipinski definition) is 15. The van der Waals surface area contributed by atoms with E-state index in [1.807, 2.05) is 0 Å². The van der Waals surface area contributed by atoms with Crippen LogP contribution in [0.5, 0.6) is 0 Å². The number of methoxy groups -OCH3 is 1. The van der Waals surface area contributed by atoms with Crippen LogP contribution in [-0.2, 0) is 43.5 Å². The fraction of sp³-hybridized carbons (Fsp3) is 1.00. The first-order valence-corrected chi connectivity index (χ1v) is 10.1. The molecule has 16 heteroatoms. The standard InChI is InChI=1S/C14H26O15S/c1-5-8(16)14(25-6(3-15)11(5)28-30(20,21)22)27-12-7(4-24-29-19)26-13(23-2)10(18)9(12)17/h5-19H,3-4H2,1-2H3,(H,20,21,22)/p-2/t5?,6?,7?,8?,9-,10?,11-,12+,13-,14+/m1/s1. The molecule has 0 spiro atoms. The molecule has 2 aliphatic rings. The average molecular weight is 464 g/mol. The molecule has 0 aromatic heterocycles. The van der Waals surface area contributed by atoms with Gasteiger partial charge < -0.3 is 49.2 Å². The predicted molar refractivity (Wildman–Crippen MR) is 85.1 cm³/mol. The maximum atomic E-state index is 10.9. The molecule has 4 N–H and O–H groups in total. The summed E-state index contributed by atoms with van der Waals surface area (Å²) in [6.45, 7) is -0.0525. The van der Waals surface area contributed by atoms with Crippen molar-refractivity contribution in [3.05, 3.63) is 0 Å². The number of aliphatic hydroxyl groups excluding tert-OH is 4. The number of ether oxygens (including phenoxy) is 4. The van der Waals surface area contributed by atoms with Gasteiger partial charge in [0.1, 0.15) is 49.3 Å². The maximum Gasteiger partial charge on any atom is 0.218 e. The number of rotatable bonds is 9. The lowest BCUT2D eigenvalue weighted by atomic mass is 9.90. The van der Waals surface area contributed by atoms with Crippen LogP contribution in [0.4, 0.5) is 0 Å². The summed E-state index contributed by atoms with van der Waals surface area (Å²) in [4.78, 5) is 4.26. The summed E-state index contributed by atoms with van der Waals surface area (Å²) in [5.74, 6) is -1.08. The monoisotopic (exact) mass is 464 g/mol. The lowest BCUT2D eigenvalue weighted by molar-refractivity contribution is -0.801. The second-order valence-electron chi connectivity index (χ2n) is 6.76. The van der Waals surface area contributed by atoms with Crippen LogP contribution in [-0.4, -0.2) is 109 Å². The zero-order valence-electron chi connectivity index (χ0n) is 15.9. The summed E-state index contributed by atoms with van der Waals surface area (Å²) >= 11 is 0. The Morgan fingerprint density at radius 1 is 1.00 bits per heavy atom. The fourth-order valence-electron chi connectivity index (χ4n) is 3.31. The predicted octanol–water partition coefficient (Wildman–Crippen LogP) is -4.75. The lowest BCUT2D eigenvalue weighted by Crippen LogP contribution is -2.63. The second kappa shape index (κ2) is 10.8. The molecular weight excluding hydrogens is 440 g/mol. The summed E-state index contributed by atoms with van der Waals surface area (Å²) in [5.41, 5.74) is 0. The van der Waals surface area contributed by atoms with Crippen molar-refractivity contribution in [1.82, 2.24) is 0 Å². The van der Waals surface area contributed by atoms with E-state index >= 15 is 0 Å². The molecule has 0 radical (unpaired) electrons. The van der Waals surface area contributed by atoms with E-state index in [0.29, 0.717) is 0 Å². The SMILES string of the molecule is CO[C@@H]1OC(COO[O-])[C@H](O[C@@H]2OC(CO)[C@H](OS(=O)(=O)[O-])C(C)C2O)[C@H](O)C1O. The molecule has 2 rings (SSSR count). The molecule has 0 amide bonds. The molecule has 0 aromatic rings. The molecule has 30 heavy (non-hydrogen) atoms. The second-order valence-corrected chi connectivity index (χ2v) is 7.77. The van der Waals surface area contributed by atoms with E-state index in [-0.39, 0.29) is 0 Å². The van der Waals surface area contributed by atoms with Crippen molar-refractivity contribution in [2.45, 2.75) is 62.2 Å². The minimum atomic E-state index is -5.17. The highest BCUT2D eigenvalue weighted by Gasteiger charge is 2.51. The maximum absolute atomic E-state index is 10.9. The zero-order chi connectivity index (χ0) is 22.6. The first-order chi connectivity index (χ1) is 14.0. The van der Waals surface area contributed by atoms with Gasteiger partial charge in [0.15, 0.2) is 12.6 Å². The van der Waals surface area contributed by atoms with E-state index in [9.17, 15) is 38.7 Å². The van der Waals surface area contributed by atoms with Gasteiger partial charge in [0, 0.05) is 13.0 Å². The Hall–Kier alpha value is -0.570. The molecule has 178 valence electrons. The number of hydrogen-bond donors (Lipinski definition) is 4. The van der Waals surface area contributed by atoms with Crippen LogP contribution in [0.15, 0.2) is 0 Å². The first-order valence-electron chi connectivity index (χ1n) is 8.73. The minimum absolute atomic E-state index is 0.570. The van der Waals surface area contributed by atoms with Gasteiger partial charge in [0.05, 0.1) is 6.61 Å². The molecule has 0 aliphatic carbocycles. The van der Waals surface area contributed by atoms with Crippen molar-refractivity contribution >= 4 is 10.4 Å². The smallest absolute Gasteiger partial charge is 0.218 e. The van der Waals surface area contributed by atoms with Crippen molar-refractivity contribution in [3.63, 3.8) is 0 Å². The zero-order valence-corrected chi connectivity index (χ0v) is 16.7. The summed E-state index contributed by atoms with van der Waals surface area (Å²) in [7, 11) is -3.98. The minimum Gasteiger partial charge on any atom is -0.726 e. The normalized spacial score (nSPS) is 42.9. The molecule has 2 aliphatic heterocycles. The Labute approximate surface area is 171 Å². The van der Waals surface area contributed by atoms with Gasteiger partial charge in [-0.15, -0.1) is 0 Å². The van der Waals surface area contributed by atoms with Crippen molar-refractivity contribution in [2.24, 2.45) is 5.92 Å². The highest BCUT2D eigenvalue weighted by atomic mass is 32.3. The van der Waals surface area contributed by atoms with Gasteiger partial charge >= 0.3 is 0 Å². The highest BCUT2D eigenvalue weighted by Crippen LogP contribution is 2.33. The van der Waals surface area contributed by atoms with E-state index in [1.165, 1.54) is 14.0 Å². The quantitative estimate of drug-likeness (QED) is 0.109. The largest absolute Gasteiger partial charge is 0.726 e. The Morgan fingerprint density at radius 3 is 2.17 bits per heavy atom. The number of aliphatic hydroxyl groups is 4. The Kier molecular flexibility index (Phi) is 9.28. The molecule has 15 nitrogen and oxygen atoms in total. The summed E-state index contributed by atoms with van der Waals surface area (Å²) in [6.07, 6.45) is -13.4. The van der Waals surface area contributed by atoms with Gasteiger partial charge in [-0.3, -0.25) is 9.22 Å². The molecule has 2 heterocycles. The van der Waals surface area contributed by atoms with Crippen LogP contribution in [0.25, 0.3) is 0 Å². The van der Waals surface area contributed by atoms with Crippen LogP contribution in [0.2, 0.25) is 0 Å². The molecule has 10 atom stereocenters. The molecule has 0 bridgehead atoms. The van der Waals surface area contributed by atoms with Gasteiger partial charge in [0.25, 0.3) is 0 Å². The van der Waals surface area contributed by atoms with E-state index in [2.05, 4.69) is 14.1 Å². The average Bonchev–Trinajstić information content (AvgIpc) is 2.69. The molecule has 2 fully saturated rings. The van der Waals surface area contributed by atoms with E-state index in [1.54, 1.807) is 0 Å². The lowest BCUT2D eigenvalue weighted by Gasteiger charge is -2.47. The molecule has 0 saturated carbocycles. The van der Waals surface area contributed by atoms with Crippen molar-refractivity contribution < 1.29 is 71.7 Å². The molecule has 5 unspecified atom stereocenters. The summed E-state index contributed by atoms with van der Waals surface area (Å²) in [5, 5.41) is 53.8. The van der Waals surface area contributed by atoms with Crippen molar-refractivity contribution in [2.75, 3.05) is 20.3 Å². The molecule has 2 saturated heterocycles. The van der Waals surface area contributed by atoms with E-state index in [0.717, 1.165) is 0 Å². The van der Waals surface area contributed by atoms with Gasteiger partial charge in [-0.25, -0.2) is 13.3 Å². The topological polar surface area (TPSA) is 226 Å². The summed E-state index contributed by atoms with van der Waals surface area (Å²) < 4.78 is 58.2. The third-order valence-corrected chi connectivity index (χ3v) is 5.32. The van der Waals surface area contributed by atoms with Gasteiger partial charge in [-0.05, 0) is 0 Å². The summed E-state index contributed by atoms with van der Waals surface area (Å²) in [6, 6.07) is 0. The van der Waals surface area contributed by atoms with E-state index < -0.39 is 84.8 Å². The fourth-order valence-corrected chi connectivity index (χ4v) is 3.88. The van der Waals surface area contributed by atoms with Gasteiger partial charge in [0.2, 0.25) is 10.4 Å². The third-order valence-electron chi connectivity index (χ3n) is 4.86. The first kappa shape index (κ1) is 25.7. The van der Waals surface area contributed by atoms with Crippen molar-refractivity contribution in [1.29, 1.82) is 0 Å². The van der Waals surface area contributed by atoms with Crippen LogP contribution >= 0.6 is 0 Å². The highest BCUT2D eigenvalue weighted by molar-refractivity contribution is 7.80. The Bertz CT molecular complexity index is 629. The van der Waals surface area contributed by atoms with Crippen LogP contribution in [0.3, 0.4) is 0 Å². The molecular formula is C14H24O15S-2. The Balaban J connectivity index is 2.19. The Morgan fingerprint density at radius 2 is 1.63 bits per heavy atom. The van der Waals surface area contributed by atoms with Crippen LogP contribution in [0, 0.1) is 5.92 Å². The third kappa shape index (κ3) is 6.02. The van der Waals surface area contributed by atoms with Crippen LogP contribution in [0.1, 0.15) is 6.92 Å².